The maximum Gasteiger partial charge on any atom is 0.216 e. The molecule has 9 nitrogen and oxygen atoms in total. The molecule has 1 aliphatic heterocycles. The van der Waals surface area contributed by atoms with Crippen LogP contribution >= 0.6 is 35.3 Å². The van der Waals surface area contributed by atoms with Gasteiger partial charge in [0.2, 0.25) is 10.0 Å². The second kappa shape index (κ2) is 13.0. The molecular formula is C18H35IN6O3S2. The molecule has 2 heterocycles. The molecule has 1 saturated heterocycles. The molecule has 0 aromatic carbocycles. The first-order valence-corrected chi connectivity index (χ1v) is 12.5. The first-order chi connectivity index (χ1) is 13.7. The first kappa shape index (κ1) is 27.3. The van der Waals surface area contributed by atoms with Crippen molar-refractivity contribution >= 4 is 56.4 Å². The predicted octanol–water partition coefficient (Wildman–Crippen LogP) is 1.67. The van der Waals surface area contributed by atoms with Gasteiger partial charge >= 0.3 is 0 Å². The number of hydrogen-bond donors (Lipinski definition) is 1. The lowest BCUT2D eigenvalue weighted by molar-refractivity contribution is 0.0904. The Kier molecular flexibility index (Phi) is 11.8. The summed E-state index contributed by atoms with van der Waals surface area (Å²) in [5.41, 5.74) is 0.931. The average molecular weight is 575 g/mol. The number of anilines is 1. The number of thiazole rings is 1. The van der Waals surface area contributed by atoms with E-state index in [1.165, 1.54) is 0 Å². The van der Waals surface area contributed by atoms with E-state index in [-0.39, 0.29) is 42.4 Å². The molecule has 0 amide bonds. The average Bonchev–Trinajstić information content (AvgIpc) is 3.14. The summed E-state index contributed by atoms with van der Waals surface area (Å²) >= 11 is 1.60. The van der Waals surface area contributed by atoms with Crippen LogP contribution in [-0.4, -0.2) is 93.8 Å². The van der Waals surface area contributed by atoms with Crippen molar-refractivity contribution in [2.75, 3.05) is 64.1 Å². The summed E-state index contributed by atoms with van der Waals surface area (Å²) in [5.74, 6) is 0.823. The Morgan fingerprint density at radius 2 is 2.00 bits per heavy atom. The van der Waals surface area contributed by atoms with Gasteiger partial charge in [-0.25, -0.2) is 18.4 Å². The van der Waals surface area contributed by atoms with Crippen LogP contribution in [0, 0.1) is 0 Å². The second-order valence-corrected chi connectivity index (χ2v) is 10.2. The topological polar surface area (TPSA) is 90.4 Å². The first-order valence-electron chi connectivity index (χ1n) is 9.97. The molecule has 1 aliphatic rings. The fourth-order valence-corrected chi connectivity index (χ4v) is 4.89. The van der Waals surface area contributed by atoms with Crippen molar-refractivity contribution in [3.05, 3.63) is 11.1 Å². The monoisotopic (exact) mass is 574 g/mol. The number of hydrogen-bond acceptors (Lipinski definition) is 7. The zero-order valence-corrected chi connectivity index (χ0v) is 22.5. The van der Waals surface area contributed by atoms with Crippen LogP contribution in [0.25, 0.3) is 0 Å². The number of ether oxygens (including phenoxy) is 1. The highest BCUT2D eigenvalue weighted by Gasteiger charge is 2.28. The lowest BCUT2D eigenvalue weighted by Gasteiger charge is -2.35. The second-order valence-electron chi connectivity index (χ2n) is 7.31. The Labute approximate surface area is 202 Å². The number of halogens is 1. The standard InChI is InChI=1S/C18H34N6O3S2.HI/c1-6-19-17(20-13-16-14-28-18(21-16)22(4)5)23-7-9-24(10-8-23)29(25,26)12-11-27-15(2)3;/h14-15H,6-13H2,1-5H3,(H,19,20);1H. The van der Waals surface area contributed by atoms with E-state index >= 15 is 0 Å². The third kappa shape index (κ3) is 8.44. The molecule has 0 aliphatic carbocycles. The third-order valence-corrected chi connectivity index (χ3v) is 7.26. The number of sulfonamides is 1. The van der Waals surface area contributed by atoms with Crippen molar-refractivity contribution < 1.29 is 13.2 Å². The minimum atomic E-state index is -3.29. The molecular weight excluding hydrogens is 539 g/mol. The summed E-state index contributed by atoms with van der Waals surface area (Å²) in [6.45, 7) is 9.43. The van der Waals surface area contributed by atoms with Gasteiger partial charge in [-0.1, -0.05) is 0 Å². The molecule has 0 unspecified atom stereocenters. The maximum absolute atomic E-state index is 12.5. The molecule has 1 N–H and O–H groups in total. The summed E-state index contributed by atoms with van der Waals surface area (Å²) in [5, 5.41) is 6.28. The van der Waals surface area contributed by atoms with Crippen LogP contribution in [0.4, 0.5) is 5.13 Å². The van der Waals surface area contributed by atoms with E-state index in [9.17, 15) is 8.42 Å². The lowest BCUT2D eigenvalue weighted by Crippen LogP contribution is -2.54. The van der Waals surface area contributed by atoms with Crippen LogP contribution in [0.15, 0.2) is 10.4 Å². The predicted molar refractivity (Wildman–Crippen MR) is 135 cm³/mol. The molecule has 12 heteroatoms. The van der Waals surface area contributed by atoms with Gasteiger partial charge in [0.15, 0.2) is 11.1 Å². The van der Waals surface area contributed by atoms with E-state index in [0.717, 1.165) is 23.3 Å². The molecule has 0 bridgehead atoms. The van der Waals surface area contributed by atoms with E-state index in [0.29, 0.717) is 32.7 Å². The normalized spacial score (nSPS) is 15.9. The number of aliphatic imine (C=N–C) groups is 1. The maximum atomic E-state index is 12.5. The third-order valence-electron chi connectivity index (χ3n) is 4.37. The van der Waals surface area contributed by atoms with Crippen molar-refractivity contribution in [3.63, 3.8) is 0 Å². The number of piperazine rings is 1. The van der Waals surface area contributed by atoms with Gasteiger partial charge in [-0.15, -0.1) is 35.3 Å². The van der Waals surface area contributed by atoms with Gasteiger partial charge < -0.3 is 19.9 Å². The Balaban J connectivity index is 0.00000450. The van der Waals surface area contributed by atoms with Crippen LogP contribution in [0.3, 0.4) is 0 Å². The van der Waals surface area contributed by atoms with Crippen molar-refractivity contribution in [2.24, 2.45) is 4.99 Å². The number of aromatic nitrogens is 1. The minimum absolute atomic E-state index is 0. The zero-order valence-electron chi connectivity index (χ0n) is 18.5. The van der Waals surface area contributed by atoms with Crippen molar-refractivity contribution in [1.82, 2.24) is 19.5 Å². The van der Waals surface area contributed by atoms with E-state index in [2.05, 4.69) is 15.2 Å². The molecule has 1 aromatic rings. The molecule has 0 saturated carbocycles. The number of nitrogens with one attached hydrogen (secondary N) is 1. The van der Waals surface area contributed by atoms with Gasteiger partial charge in [-0.05, 0) is 20.8 Å². The molecule has 30 heavy (non-hydrogen) atoms. The molecule has 0 atom stereocenters. The SMILES string of the molecule is CCNC(=NCc1csc(N(C)C)n1)N1CCN(S(=O)(=O)CCOC(C)C)CC1.I. The van der Waals surface area contributed by atoms with Crippen LogP contribution in [0.1, 0.15) is 26.5 Å². The van der Waals surface area contributed by atoms with E-state index < -0.39 is 10.0 Å². The molecule has 0 radical (unpaired) electrons. The fourth-order valence-electron chi connectivity index (χ4n) is 2.85. The number of rotatable bonds is 9. The molecule has 0 spiro atoms. The highest BCUT2D eigenvalue weighted by atomic mass is 127. The van der Waals surface area contributed by atoms with Crippen LogP contribution < -0.4 is 10.2 Å². The molecule has 2 rings (SSSR count). The van der Waals surface area contributed by atoms with E-state index in [4.69, 9.17) is 9.73 Å². The smallest absolute Gasteiger partial charge is 0.216 e. The fraction of sp³-hybridized carbons (Fsp3) is 0.778. The zero-order chi connectivity index (χ0) is 21.4. The Bertz CT molecular complexity index is 762. The summed E-state index contributed by atoms with van der Waals surface area (Å²) in [7, 11) is 0.648. The largest absolute Gasteiger partial charge is 0.378 e. The van der Waals surface area contributed by atoms with Gasteiger partial charge in [0, 0.05) is 52.2 Å². The summed E-state index contributed by atoms with van der Waals surface area (Å²) in [6.07, 6.45) is 0.0347. The van der Waals surface area contributed by atoms with Gasteiger partial charge in [-0.2, -0.15) is 4.31 Å². The van der Waals surface area contributed by atoms with Crippen molar-refractivity contribution in [1.29, 1.82) is 0 Å². The molecule has 1 aromatic heterocycles. The highest BCUT2D eigenvalue weighted by molar-refractivity contribution is 14.0. The van der Waals surface area contributed by atoms with Gasteiger partial charge in [0.1, 0.15) is 0 Å². The van der Waals surface area contributed by atoms with Crippen molar-refractivity contribution in [3.8, 4) is 0 Å². The van der Waals surface area contributed by atoms with Gasteiger partial charge in [0.05, 0.1) is 30.7 Å². The molecule has 1 fully saturated rings. The van der Waals surface area contributed by atoms with E-state index in [1.54, 1.807) is 15.6 Å². The summed E-state index contributed by atoms with van der Waals surface area (Å²) < 4.78 is 32.0. The van der Waals surface area contributed by atoms with E-state index in [1.807, 2.05) is 45.1 Å². The van der Waals surface area contributed by atoms with Crippen LogP contribution in [0.5, 0.6) is 0 Å². The van der Waals surface area contributed by atoms with Gasteiger partial charge in [-0.3, -0.25) is 0 Å². The highest BCUT2D eigenvalue weighted by Crippen LogP contribution is 2.18. The Morgan fingerprint density at radius 1 is 1.33 bits per heavy atom. The van der Waals surface area contributed by atoms with Crippen molar-refractivity contribution in [2.45, 2.75) is 33.4 Å². The van der Waals surface area contributed by atoms with Gasteiger partial charge in [0.25, 0.3) is 0 Å². The number of nitrogens with zero attached hydrogens (tertiary/aromatic N) is 5. The minimum Gasteiger partial charge on any atom is -0.378 e. The quantitative estimate of drug-likeness (QED) is 0.273. The summed E-state index contributed by atoms with van der Waals surface area (Å²) in [4.78, 5) is 13.4. The van der Waals surface area contributed by atoms with Crippen LogP contribution in [-0.2, 0) is 21.3 Å². The lowest BCUT2D eigenvalue weighted by atomic mass is 10.4. The molecule has 174 valence electrons. The summed E-state index contributed by atoms with van der Waals surface area (Å²) in [6, 6.07) is 0. The van der Waals surface area contributed by atoms with Crippen LogP contribution in [0.2, 0.25) is 0 Å². The Hall–Kier alpha value is -0.700. The number of guanidine groups is 1. The Morgan fingerprint density at radius 3 is 2.53 bits per heavy atom.